The van der Waals surface area contributed by atoms with Gasteiger partial charge in [0, 0.05) is 11.3 Å². The van der Waals surface area contributed by atoms with Crippen molar-refractivity contribution in [1.29, 1.82) is 0 Å². The lowest BCUT2D eigenvalue weighted by Crippen LogP contribution is -2.43. The molecule has 3 heteroatoms. The molecule has 0 bridgehead atoms. The number of terminal acetylenes is 1. The van der Waals surface area contributed by atoms with Crippen molar-refractivity contribution in [3.63, 3.8) is 0 Å². The molecule has 0 radical (unpaired) electrons. The fourth-order valence-electron chi connectivity index (χ4n) is 2.53. The predicted molar refractivity (Wildman–Crippen MR) is 97.7 cm³/mol. The molecule has 0 saturated heterocycles. The summed E-state index contributed by atoms with van der Waals surface area (Å²) in [5, 5.41) is 3.16. The van der Waals surface area contributed by atoms with Crippen LogP contribution in [0.4, 0.5) is 5.69 Å². The number of carbonyl (C=O) groups excluding carboxylic acids is 1. The topological polar surface area (TPSA) is 38.3 Å². The first-order valence-electron chi connectivity index (χ1n) is 7.84. The zero-order chi connectivity index (χ0) is 17.8. The second-order valence-corrected chi connectivity index (χ2v) is 6.70. The minimum Gasteiger partial charge on any atom is -0.466 e. The van der Waals surface area contributed by atoms with Gasteiger partial charge in [0.05, 0.1) is 7.11 Å². The molecule has 24 heavy (non-hydrogen) atoms. The first-order valence-corrected chi connectivity index (χ1v) is 7.84. The van der Waals surface area contributed by atoms with Crippen molar-refractivity contribution in [3.8, 4) is 12.3 Å². The van der Waals surface area contributed by atoms with Gasteiger partial charge in [-0.1, -0.05) is 69.2 Å². The molecule has 0 aliphatic rings. The number of nitrogens with one attached hydrogen (secondary N) is 1. The van der Waals surface area contributed by atoms with E-state index in [0.717, 1.165) is 5.69 Å². The molecule has 2 aromatic rings. The van der Waals surface area contributed by atoms with Gasteiger partial charge in [0.1, 0.15) is 0 Å². The number of hydrogen-bond acceptors (Lipinski definition) is 3. The average molecular weight is 321 g/mol. The third kappa shape index (κ3) is 3.44. The highest BCUT2D eigenvalue weighted by Gasteiger charge is 2.40. The van der Waals surface area contributed by atoms with Crippen LogP contribution in [-0.2, 0) is 20.5 Å². The molecule has 0 heterocycles. The van der Waals surface area contributed by atoms with E-state index >= 15 is 0 Å². The Kier molecular flexibility index (Phi) is 4.99. The summed E-state index contributed by atoms with van der Waals surface area (Å²) in [5.74, 6) is 2.09. The summed E-state index contributed by atoms with van der Waals surface area (Å²) in [6, 6.07) is 17.1. The normalized spacial score (nSPS) is 13.5. The Bertz CT molecular complexity index is 736. The van der Waals surface area contributed by atoms with Crippen LogP contribution < -0.4 is 5.32 Å². The maximum absolute atomic E-state index is 12.5. The van der Waals surface area contributed by atoms with Crippen LogP contribution in [0, 0.1) is 12.3 Å². The summed E-state index contributed by atoms with van der Waals surface area (Å²) in [4.78, 5) is 12.5. The van der Waals surface area contributed by atoms with Crippen LogP contribution in [0.3, 0.4) is 0 Å². The molecule has 0 spiro atoms. The highest BCUT2D eigenvalue weighted by atomic mass is 16.5. The Morgan fingerprint density at radius 2 is 1.54 bits per heavy atom. The third-order valence-electron chi connectivity index (χ3n) is 4.00. The Hall–Kier alpha value is -2.73. The van der Waals surface area contributed by atoms with Crippen molar-refractivity contribution < 1.29 is 9.53 Å². The maximum Gasteiger partial charge on any atom is 0.349 e. The lowest BCUT2D eigenvalue weighted by atomic mass is 9.83. The van der Waals surface area contributed by atoms with Gasteiger partial charge in [-0.05, 0) is 23.1 Å². The number of carbonyl (C=O) groups is 1. The zero-order valence-corrected chi connectivity index (χ0v) is 14.6. The number of ether oxygens (including phenoxy) is 1. The van der Waals surface area contributed by atoms with Crippen LogP contribution >= 0.6 is 0 Å². The van der Waals surface area contributed by atoms with Gasteiger partial charge < -0.3 is 10.1 Å². The largest absolute Gasteiger partial charge is 0.466 e. The lowest BCUT2D eigenvalue weighted by molar-refractivity contribution is -0.144. The number of esters is 1. The molecule has 2 aromatic carbocycles. The Morgan fingerprint density at radius 3 is 2.00 bits per heavy atom. The van der Waals surface area contributed by atoms with Crippen molar-refractivity contribution in [2.24, 2.45) is 0 Å². The highest BCUT2D eigenvalue weighted by molar-refractivity contribution is 5.90. The highest BCUT2D eigenvalue weighted by Crippen LogP contribution is 2.30. The molecule has 0 aliphatic heterocycles. The number of anilines is 1. The van der Waals surface area contributed by atoms with E-state index < -0.39 is 11.5 Å². The molecule has 0 fully saturated rings. The van der Waals surface area contributed by atoms with Gasteiger partial charge in [-0.2, -0.15) is 0 Å². The second kappa shape index (κ2) is 6.80. The molecule has 0 aromatic heterocycles. The van der Waals surface area contributed by atoms with Crippen molar-refractivity contribution in [2.75, 3.05) is 12.4 Å². The maximum atomic E-state index is 12.5. The first-order chi connectivity index (χ1) is 11.3. The van der Waals surface area contributed by atoms with Gasteiger partial charge in [0.15, 0.2) is 0 Å². The fraction of sp³-hybridized carbons (Fsp3) is 0.286. The van der Waals surface area contributed by atoms with E-state index in [0.29, 0.717) is 5.56 Å². The van der Waals surface area contributed by atoms with Gasteiger partial charge in [-0.3, -0.25) is 0 Å². The van der Waals surface area contributed by atoms with E-state index in [2.05, 4.69) is 32.0 Å². The molecule has 0 unspecified atom stereocenters. The van der Waals surface area contributed by atoms with E-state index in [1.807, 2.05) is 54.6 Å². The fourth-order valence-corrected chi connectivity index (χ4v) is 2.53. The van der Waals surface area contributed by atoms with Gasteiger partial charge in [0.2, 0.25) is 5.54 Å². The van der Waals surface area contributed by atoms with E-state index in [4.69, 9.17) is 11.2 Å². The minimum absolute atomic E-state index is 0.0233. The third-order valence-corrected chi connectivity index (χ3v) is 4.00. The molecule has 0 aliphatic carbocycles. The standard InChI is InChI=1S/C21H23NO2/c1-6-21(19(23)24-5,22-18-10-8-7-9-11-18)17-14-12-16(13-15-17)20(2,3)4/h1,7-15,22H,2-5H3/t21-/m0/s1. The van der Waals surface area contributed by atoms with Crippen LogP contribution in [0.25, 0.3) is 0 Å². The predicted octanol–water partition coefficient (Wildman–Crippen LogP) is 4.10. The van der Waals surface area contributed by atoms with Crippen molar-refractivity contribution in [3.05, 3.63) is 65.7 Å². The number of methoxy groups -OCH3 is 1. The summed E-state index contributed by atoms with van der Waals surface area (Å²) in [6.07, 6.45) is 5.77. The summed E-state index contributed by atoms with van der Waals surface area (Å²) in [5.41, 5.74) is 1.25. The van der Waals surface area contributed by atoms with Crippen molar-refractivity contribution in [1.82, 2.24) is 0 Å². The molecule has 1 N–H and O–H groups in total. The summed E-state index contributed by atoms with van der Waals surface area (Å²) < 4.78 is 4.99. The average Bonchev–Trinajstić information content (AvgIpc) is 2.59. The molecule has 124 valence electrons. The van der Waals surface area contributed by atoms with E-state index in [1.54, 1.807) is 0 Å². The van der Waals surface area contributed by atoms with Gasteiger partial charge in [-0.25, -0.2) is 4.79 Å². The Morgan fingerprint density at radius 1 is 1.00 bits per heavy atom. The van der Waals surface area contributed by atoms with Gasteiger partial charge in [0.25, 0.3) is 0 Å². The number of rotatable bonds is 4. The van der Waals surface area contributed by atoms with E-state index in [1.165, 1.54) is 12.7 Å². The van der Waals surface area contributed by atoms with Crippen LogP contribution in [0.5, 0.6) is 0 Å². The van der Waals surface area contributed by atoms with Crippen LogP contribution in [0.1, 0.15) is 31.9 Å². The molecule has 0 saturated carbocycles. The Labute approximate surface area is 144 Å². The quantitative estimate of drug-likeness (QED) is 0.680. The molecular weight excluding hydrogens is 298 g/mol. The number of hydrogen-bond donors (Lipinski definition) is 1. The van der Waals surface area contributed by atoms with E-state index in [-0.39, 0.29) is 5.41 Å². The monoisotopic (exact) mass is 321 g/mol. The molecule has 3 nitrogen and oxygen atoms in total. The van der Waals surface area contributed by atoms with Crippen LogP contribution in [0.15, 0.2) is 54.6 Å². The summed E-state index contributed by atoms with van der Waals surface area (Å²) in [7, 11) is 1.34. The van der Waals surface area contributed by atoms with E-state index in [9.17, 15) is 4.79 Å². The minimum atomic E-state index is -1.37. The van der Waals surface area contributed by atoms with Crippen molar-refractivity contribution >= 4 is 11.7 Å². The second-order valence-electron chi connectivity index (χ2n) is 6.70. The summed E-state index contributed by atoms with van der Waals surface area (Å²) >= 11 is 0. The lowest BCUT2D eigenvalue weighted by Gasteiger charge is -2.29. The summed E-state index contributed by atoms with van der Waals surface area (Å²) in [6.45, 7) is 6.41. The van der Waals surface area contributed by atoms with Gasteiger partial charge >= 0.3 is 5.97 Å². The molecule has 1 atom stereocenters. The van der Waals surface area contributed by atoms with Crippen LogP contribution in [-0.4, -0.2) is 13.1 Å². The zero-order valence-electron chi connectivity index (χ0n) is 14.6. The van der Waals surface area contributed by atoms with Gasteiger partial charge in [-0.15, -0.1) is 6.42 Å². The Balaban J connectivity index is 2.50. The first kappa shape index (κ1) is 17.6. The van der Waals surface area contributed by atoms with Crippen molar-refractivity contribution in [2.45, 2.75) is 31.7 Å². The molecular formula is C21H23NO2. The number of para-hydroxylation sites is 1. The van der Waals surface area contributed by atoms with Crippen LogP contribution in [0.2, 0.25) is 0 Å². The SMILES string of the molecule is C#C[C@@](Nc1ccccc1)(C(=O)OC)c1ccc(C(C)(C)C)cc1. The smallest absolute Gasteiger partial charge is 0.349 e. The number of benzene rings is 2. The molecule has 2 rings (SSSR count). The molecule has 0 amide bonds.